The van der Waals surface area contributed by atoms with E-state index in [2.05, 4.69) is 36.4 Å². The lowest BCUT2D eigenvalue weighted by molar-refractivity contribution is 0.113. The normalized spacial score (nSPS) is 20.4. The van der Waals surface area contributed by atoms with Gasteiger partial charge in [-0.1, -0.05) is 48.5 Å². The summed E-state index contributed by atoms with van der Waals surface area (Å²) in [6.07, 6.45) is 1.78. The van der Waals surface area contributed by atoms with E-state index in [9.17, 15) is 0 Å². The van der Waals surface area contributed by atoms with Crippen LogP contribution in [-0.4, -0.2) is 24.6 Å². The van der Waals surface area contributed by atoms with Crippen LogP contribution in [0.4, 0.5) is 0 Å². The van der Waals surface area contributed by atoms with E-state index >= 15 is 0 Å². The first-order valence-electron chi connectivity index (χ1n) is 7.37. The third kappa shape index (κ3) is 4.88. The van der Waals surface area contributed by atoms with Gasteiger partial charge in [-0.3, -0.25) is 0 Å². The van der Waals surface area contributed by atoms with Crippen molar-refractivity contribution in [1.29, 1.82) is 0 Å². The maximum Gasteiger partial charge on any atom is 0.0936 e. The van der Waals surface area contributed by atoms with Crippen molar-refractivity contribution in [2.45, 2.75) is 30.1 Å². The van der Waals surface area contributed by atoms with Crippen LogP contribution in [0.15, 0.2) is 65.6 Å². The Hall–Kier alpha value is -1.29. The van der Waals surface area contributed by atoms with Crippen LogP contribution in [0.2, 0.25) is 0 Å². The Balaban J connectivity index is 1.27. The van der Waals surface area contributed by atoms with Crippen molar-refractivity contribution >= 4 is 11.8 Å². The number of rotatable bonds is 8. The van der Waals surface area contributed by atoms with Crippen LogP contribution in [0.3, 0.4) is 0 Å². The number of ether oxygens (including phenoxy) is 2. The second kappa shape index (κ2) is 7.64. The Morgan fingerprint density at radius 1 is 0.905 bits per heavy atom. The Kier molecular flexibility index (Phi) is 5.33. The third-order valence-corrected chi connectivity index (χ3v) is 4.60. The van der Waals surface area contributed by atoms with E-state index in [4.69, 9.17) is 9.47 Å². The lowest BCUT2D eigenvalue weighted by atomic mass is 10.2. The second-order valence-electron chi connectivity index (χ2n) is 5.16. The molecule has 0 spiro atoms. The van der Waals surface area contributed by atoms with Gasteiger partial charge in [-0.2, -0.15) is 0 Å². The molecule has 0 aromatic heterocycles. The molecule has 110 valence electrons. The van der Waals surface area contributed by atoms with E-state index in [1.807, 2.05) is 36.0 Å². The molecule has 2 aromatic rings. The predicted octanol–water partition coefficient (Wildman–Crippen LogP) is 4.15. The number of epoxide rings is 1. The lowest BCUT2D eigenvalue weighted by Crippen LogP contribution is -2.03. The first kappa shape index (κ1) is 14.6. The minimum atomic E-state index is 0.386. The second-order valence-corrected chi connectivity index (χ2v) is 6.26. The molecular formula is C18H20O2S. The SMILES string of the molecule is c1ccc(COCC[C@H]2O[C@@H]2CSc2ccccc2)cc1. The van der Waals surface area contributed by atoms with E-state index in [1.165, 1.54) is 10.5 Å². The largest absolute Gasteiger partial charge is 0.377 e. The van der Waals surface area contributed by atoms with Gasteiger partial charge in [0.2, 0.25) is 0 Å². The summed E-state index contributed by atoms with van der Waals surface area (Å²) < 4.78 is 11.4. The molecule has 0 amide bonds. The van der Waals surface area contributed by atoms with E-state index in [1.54, 1.807) is 0 Å². The highest BCUT2D eigenvalue weighted by Crippen LogP contribution is 2.31. The van der Waals surface area contributed by atoms with Gasteiger partial charge >= 0.3 is 0 Å². The average molecular weight is 300 g/mol. The van der Waals surface area contributed by atoms with E-state index in [0.29, 0.717) is 18.8 Å². The van der Waals surface area contributed by atoms with Crippen molar-refractivity contribution < 1.29 is 9.47 Å². The quantitative estimate of drug-likeness (QED) is 0.415. The molecule has 2 aromatic carbocycles. The summed E-state index contributed by atoms with van der Waals surface area (Å²) in [7, 11) is 0. The van der Waals surface area contributed by atoms with Crippen molar-refractivity contribution in [2.24, 2.45) is 0 Å². The fourth-order valence-corrected chi connectivity index (χ4v) is 3.24. The van der Waals surface area contributed by atoms with Crippen LogP contribution < -0.4 is 0 Å². The van der Waals surface area contributed by atoms with Crippen LogP contribution in [-0.2, 0) is 16.1 Å². The molecule has 2 atom stereocenters. The van der Waals surface area contributed by atoms with Gasteiger partial charge < -0.3 is 9.47 Å². The molecule has 2 nitrogen and oxygen atoms in total. The van der Waals surface area contributed by atoms with E-state index < -0.39 is 0 Å². The third-order valence-electron chi connectivity index (χ3n) is 3.50. The summed E-state index contributed by atoms with van der Waals surface area (Å²) in [4.78, 5) is 1.31. The molecule has 1 saturated heterocycles. The molecule has 0 N–H and O–H groups in total. The summed E-state index contributed by atoms with van der Waals surface area (Å²) in [6.45, 7) is 1.46. The molecule has 3 heteroatoms. The Labute approximate surface area is 130 Å². The van der Waals surface area contributed by atoms with Gasteiger partial charge in [0.15, 0.2) is 0 Å². The first-order valence-corrected chi connectivity index (χ1v) is 8.35. The zero-order valence-corrected chi connectivity index (χ0v) is 12.8. The highest BCUT2D eigenvalue weighted by atomic mass is 32.2. The minimum Gasteiger partial charge on any atom is -0.377 e. The maximum atomic E-state index is 5.69. The standard InChI is InChI=1S/C18H20O2S/c1-3-7-15(8-4-1)13-19-12-11-17-18(20-17)14-21-16-9-5-2-6-10-16/h1-10,17-18H,11-14H2/t17-,18-/m1/s1. The fourth-order valence-electron chi connectivity index (χ4n) is 2.24. The summed E-state index contributed by atoms with van der Waals surface area (Å²) >= 11 is 1.87. The Morgan fingerprint density at radius 2 is 1.62 bits per heavy atom. The van der Waals surface area contributed by atoms with Crippen molar-refractivity contribution in [1.82, 2.24) is 0 Å². The van der Waals surface area contributed by atoms with Crippen molar-refractivity contribution in [3.05, 3.63) is 66.2 Å². The van der Waals surface area contributed by atoms with Crippen molar-refractivity contribution in [3.8, 4) is 0 Å². The molecule has 0 bridgehead atoms. The Bertz CT molecular complexity index is 529. The number of thioether (sulfide) groups is 1. The van der Waals surface area contributed by atoms with Gasteiger partial charge in [-0.05, 0) is 24.1 Å². The molecule has 0 saturated carbocycles. The maximum absolute atomic E-state index is 5.69. The number of benzene rings is 2. The molecule has 1 aliphatic rings. The lowest BCUT2D eigenvalue weighted by Gasteiger charge is -2.02. The summed E-state index contributed by atoms with van der Waals surface area (Å²) in [5, 5.41) is 0. The highest BCUT2D eigenvalue weighted by molar-refractivity contribution is 7.99. The first-order chi connectivity index (χ1) is 10.4. The van der Waals surface area contributed by atoms with E-state index in [-0.39, 0.29) is 0 Å². The number of hydrogen-bond donors (Lipinski definition) is 0. The molecule has 0 aliphatic carbocycles. The van der Waals surface area contributed by atoms with Crippen LogP contribution in [0.25, 0.3) is 0 Å². The van der Waals surface area contributed by atoms with Gasteiger partial charge in [0.25, 0.3) is 0 Å². The highest BCUT2D eigenvalue weighted by Gasteiger charge is 2.37. The summed E-state index contributed by atoms with van der Waals surface area (Å²) in [5.74, 6) is 1.04. The molecule has 1 heterocycles. The minimum absolute atomic E-state index is 0.386. The van der Waals surface area contributed by atoms with E-state index in [0.717, 1.165) is 18.8 Å². The molecule has 21 heavy (non-hydrogen) atoms. The number of hydrogen-bond acceptors (Lipinski definition) is 3. The van der Waals surface area contributed by atoms with Gasteiger partial charge in [-0.25, -0.2) is 0 Å². The predicted molar refractivity (Wildman–Crippen MR) is 86.5 cm³/mol. The fraction of sp³-hybridized carbons (Fsp3) is 0.333. The smallest absolute Gasteiger partial charge is 0.0936 e. The zero-order valence-electron chi connectivity index (χ0n) is 12.0. The van der Waals surface area contributed by atoms with Crippen LogP contribution in [0, 0.1) is 0 Å². The molecule has 1 fully saturated rings. The van der Waals surface area contributed by atoms with Crippen molar-refractivity contribution in [3.63, 3.8) is 0 Å². The van der Waals surface area contributed by atoms with Crippen LogP contribution >= 0.6 is 11.8 Å². The molecule has 3 rings (SSSR count). The molecule has 0 unspecified atom stereocenters. The monoisotopic (exact) mass is 300 g/mol. The van der Waals surface area contributed by atoms with Gasteiger partial charge in [0, 0.05) is 17.3 Å². The van der Waals surface area contributed by atoms with Crippen LogP contribution in [0.5, 0.6) is 0 Å². The molecule has 0 radical (unpaired) electrons. The Morgan fingerprint density at radius 3 is 2.38 bits per heavy atom. The summed E-state index contributed by atoms with van der Waals surface area (Å²) in [5.41, 5.74) is 1.23. The van der Waals surface area contributed by atoms with Gasteiger partial charge in [0.1, 0.15) is 0 Å². The zero-order chi connectivity index (χ0) is 14.3. The van der Waals surface area contributed by atoms with Gasteiger partial charge in [0.05, 0.1) is 18.8 Å². The molecule has 1 aliphatic heterocycles. The topological polar surface area (TPSA) is 21.8 Å². The van der Waals surface area contributed by atoms with Crippen LogP contribution in [0.1, 0.15) is 12.0 Å². The average Bonchev–Trinajstić information content (AvgIpc) is 3.30. The van der Waals surface area contributed by atoms with Gasteiger partial charge in [-0.15, -0.1) is 11.8 Å². The molecular weight excluding hydrogens is 280 g/mol. The van der Waals surface area contributed by atoms with Crippen molar-refractivity contribution in [2.75, 3.05) is 12.4 Å². The summed E-state index contributed by atoms with van der Waals surface area (Å²) in [6, 6.07) is 20.8.